The molecule has 1 heterocycles. The lowest BCUT2D eigenvalue weighted by Gasteiger charge is -2.08. The van der Waals surface area contributed by atoms with Crippen molar-refractivity contribution >= 4 is 17.5 Å². The molecular formula is C21H21ClFN3O. The van der Waals surface area contributed by atoms with Crippen LogP contribution in [0.1, 0.15) is 32.9 Å². The monoisotopic (exact) mass is 385 g/mol. The standard InChI is InChI=1S/C21H21ClFN3O/c1-14-20(21(27)24-11-10-16-6-5-8-18(23)12-16)15(2)26(25-14)13-17-7-3-4-9-19(17)22/h3-9,12H,10-11,13H2,1-2H3,(H,24,27). The van der Waals surface area contributed by atoms with Crippen LogP contribution in [0, 0.1) is 19.7 Å². The molecule has 0 atom stereocenters. The fourth-order valence-corrected chi connectivity index (χ4v) is 3.26. The van der Waals surface area contributed by atoms with Gasteiger partial charge in [-0.15, -0.1) is 0 Å². The van der Waals surface area contributed by atoms with Crippen molar-refractivity contribution in [3.8, 4) is 0 Å². The van der Waals surface area contributed by atoms with Crippen molar-refractivity contribution in [3.63, 3.8) is 0 Å². The summed E-state index contributed by atoms with van der Waals surface area (Å²) >= 11 is 6.23. The van der Waals surface area contributed by atoms with E-state index in [1.165, 1.54) is 12.1 Å². The predicted octanol–water partition coefficient (Wildman–Crippen LogP) is 4.31. The van der Waals surface area contributed by atoms with Gasteiger partial charge in [-0.1, -0.05) is 41.9 Å². The summed E-state index contributed by atoms with van der Waals surface area (Å²) in [6.45, 7) is 4.62. The Morgan fingerprint density at radius 3 is 2.70 bits per heavy atom. The van der Waals surface area contributed by atoms with Crippen LogP contribution in [-0.2, 0) is 13.0 Å². The van der Waals surface area contributed by atoms with Crippen LogP contribution in [-0.4, -0.2) is 22.2 Å². The Kier molecular flexibility index (Phi) is 5.91. The zero-order chi connectivity index (χ0) is 19.4. The topological polar surface area (TPSA) is 46.9 Å². The maximum Gasteiger partial charge on any atom is 0.255 e. The van der Waals surface area contributed by atoms with E-state index < -0.39 is 0 Å². The van der Waals surface area contributed by atoms with Gasteiger partial charge in [0.25, 0.3) is 5.91 Å². The van der Waals surface area contributed by atoms with E-state index in [1.807, 2.05) is 44.2 Å². The van der Waals surface area contributed by atoms with Gasteiger partial charge in [-0.25, -0.2) is 4.39 Å². The molecule has 0 saturated heterocycles. The third-order valence-corrected chi connectivity index (χ3v) is 4.84. The van der Waals surface area contributed by atoms with Gasteiger partial charge in [0.1, 0.15) is 5.82 Å². The maximum atomic E-state index is 13.2. The first-order valence-electron chi connectivity index (χ1n) is 8.75. The highest BCUT2D eigenvalue weighted by Crippen LogP contribution is 2.19. The van der Waals surface area contributed by atoms with Gasteiger partial charge in [0.2, 0.25) is 0 Å². The summed E-state index contributed by atoms with van der Waals surface area (Å²) in [4.78, 5) is 12.6. The summed E-state index contributed by atoms with van der Waals surface area (Å²) < 4.78 is 15.0. The number of carbonyl (C=O) groups excluding carboxylic acids is 1. The Morgan fingerprint density at radius 1 is 1.19 bits per heavy atom. The largest absolute Gasteiger partial charge is 0.352 e. The molecule has 4 nitrogen and oxygen atoms in total. The molecule has 27 heavy (non-hydrogen) atoms. The number of benzene rings is 2. The summed E-state index contributed by atoms with van der Waals surface area (Å²) in [7, 11) is 0. The molecule has 0 aliphatic heterocycles. The molecule has 0 aliphatic rings. The van der Waals surface area contributed by atoms with Gasteiger partial charge < -0.3 is 5.32 Å². The van der Waals surface area contributed by atoms with Gasteiger partial charge in [-0.05, 0) is 49.6 Å². The fourth-order valence-electron chi connectivity index (χ4n) is 3.07. The summed E-state index contributed by atoms with van der Waals surface area (Å²) in [5.41, 5.74) is 3.82. The first-order valence-corrected chi connectivity index (χ1v) is 9.13. The second kappa shape index (κ2) is 8.35. The molecule has 0 spiro atoms. The Bertz CT molecular complexity index is 968. The van der Waals surface area contributed by atoms with Crippen molar-refractivity contribution in [2.24, 2.45) is 0 Å². The van der Waals surface area contributed by atoms with Gasteiger partial charge in [-0.3, -0.25) is 9.48 Å². The van der Waals surface area contributed by atoms with E-state index in [0.29, 0.717) is 35.8 Å². The Hall–Kier alpha value is -2.66. The lowest BCUT2D eigenvalue weighted by atomic mass is 10.1. The van der Waals surface area contributed by atoms with E-state index in [-0.39, 0.29) is 11.7 Å². The lowest BCUT2D eigenvalue weighted by molar-refractivity contribution is 0.0953. The molecule has 1 aromatic heterocycles. The average molecular weight is 386 g/mol. The maximum absolute atomic E-state index is 13.2. The van der Waals surface area contributed by atoms with Crippen LogP contribution in [0.5, 0.6) is 0 Å². The molecule has 0 saturated carbocycles. The molecule has 3 rings (SSSR count). The fraction of sp³-hybridized carbons (Fsp3) is 0.238. The minimum atomic E-state index is -0.272. The average Bonchev–Trinajstić information content (AvgIpc) is 2.90. The summed E-state index contributed by atoms with van der Waals surface area (Å²) in [6, 6.07) is 14.0. The van der Waals surface area contributed by atoms with Crippen molar-refractivity contribution in [2.75, 3.05) is 6.54 Å². The van der Waals surface area contributed by atoms with Gasteiger partial charge in [0.15, 0.2) is 0 Å². The van der Waals surface area contributed by atoms with E-state index in [0.717, 1.165) is 16.8 Å². The van der Waals surface area contributed by atoms with Crippen molar-refractivity contribution in [3.05, 3.63) is 87.4 Å². The van der Waals surface area contributed by atoms with Crippen LogP contribution >= 0.6 is 11.6 Å². The molecule has 6 heteroatoms. The molecular weight excluding hydrogens is 365 g/mol. The van der Waals surface area contributed by atoms with E-state index >= 15 is 0 Å². The summed E-state index contributed by atoms with van der Waals surface area (Å²) in [5, 5.41) is 8.06. The van der Waals surface area contributed by atoms with E-state index in [2.05, 4.69) is 10.4 Å². The number of amides is 1. The summed E-state index contributed by atoms with van der Waals surface area (Å²) in [6.07, 6.45) is 0.565. The smallest absolute Gasteiger partial charge is 0.255 e. The molecule has 0 fully saturated rings. The second-order valence-electron chi connectivity index (χ2n) is 6.43. The van der Waals surface area contributed by atoms with Crippen LogP contribution in [0.3, 0.4) is 0 Å². The van der Waals surface area contributed by atoms with Crippen LogP contribution in [0.4, 0.5) is 4.39 Å². The van der Waals surface area contributed by atoms with Crippen LogP contribution in [0.2, 0.25) is 5.02 Å². The zero-order valence-electron chi connectivity index (χ0n) is 15.3. The number of aryl methyl sites for hydroxylation is 1. The van der Waals surface area contributed by atoms with Crippen LogP contribution in [0.25, 0.3) is 0 Å². The third-order valence-electron chi connectivity index (χ3n) is 4.47. The van der Waals surface area contributed by atoms with E-state index in [4.69, 9.17) is 11.6 Å². The molecule has 0 aliphatic carbocycles. The number of aromatic nitrogens is 2. The molecule has 3 aromatic rings. The number of nitrogens with one attached hydrogen (secondary N) is 1. The molecule has 140 valence electrons. The SMILES string of the molecule is Cc1nn(Cc2ccccc2Cl)c(C)c1C(=O)NCCc1cccc(F)c1. The number of nitrogens with zero attached hydrogens (tertiary/aromatic N) is 2. The number of hydrogen-bond donors (Lipinski definition) is 1. The number of rotatable bonds is 6. The second-order valence-corrected chi connectivity index (χ2v) is 6.84. The van der Waals surface area contributed by atoms with Crippen LogP contribution in [0.15, 0.2) is 48.5 Å². The molecule has 0 unspecified atom stereocenters. The van der Waals surface area contributed by atoms with Crippen molar-refractivity contribution in [2.45, 2.75) is 26.8 Å². The highest BCUT2D eigenvalue weighted by molar-refractivity contribution is 6.31. The quantitative estimate of drug-likeness (QED) is 0.687. The number of carbonyl (C=O) groups is 1. The predicted molar refractivity (Wildman–Crippen MR) is 105 cm³/mol. The third kappa shape index (κ3) is 4.55. The Morgan fingerprint density at radius 2 is 1.96 bits per heavy atom. The van der Waals surface area contributed by atoms with Gasteiger partial charge in [0.05, 0.1) is 17.8 Å². The highest BCUT2D eigenvalue weighted by Gasteiger charge is 2.18. The van der Waals surface area contributed by atoms with E-state index in [9.17, 15) is 9.18 Å². The van der Waals surface area contributed by atoms with Gasteiger partial charge >= 0.3 is 0 Å². The van der Waals surface area contributed by atoms with Crippen molar-refractivity contribution < 1.29 is 9.18 Å². The lowest BCUT2D eigenvalue weighted by Crippen LogP contribution is -2.26. The Balaban J connectivity index is 1.68. The highest BCUT2D eigenvalue weighted by atomic mass is 35.5. The number of halogens is 2. The van der Waals surface area contributed by atoms with Crippen molar-refractivity contribution in [1.82, 2.24) is 15.1 Å². The Labute approximate surface area is 163 Å². The molecule has 1 N–H and O–H groups in total. The molecule has 0 radical (unpaired) electrons. The van der Waals surface area contributed by atoms with Crippen molar-refractivity contribution in [1.29, 1.82) is 0 Å². The van der Waals surface area contributed by atoms with Gasteiger partial charge in [-0.2, -0.15) is 5.10 Å². The summed E-state index contributed by atoms with van der Waals surface area (Å²) in [5.74, 6) is -0.446. The molecule has 1 amide bonds. The molecule has 2 aromatic carbocycles. The minimum Gasteiger partial charge on any atom is -0.352 e. The van der Waals surface area contributed by atoms with Gasteiger partial charge in [0, 0.05) is 17.3 Å². The first kappa shape index (κ1) is 19.1. The first-order chi connectivity index (χ1) is 13.0. The minimum absolute atomic E-state index is 0.174. The normalized spacial score (nSPS) is 10.8. The molecule has 0 bridgehead atoms. The van der Waals surface area contributed by atoms with Crippen LogP contribution < -0.4 is 5.32 Å². The van der Waals surface area contributed by atoms with E-state index in [1.54, 1.807) is 10.7 Å². The number of hydrogen-bond acceptors (Lipinski definition) is 2. The zero-order valence-corrected chi connectivity index (χ0v) is 16.1.